The number of nitrogens with one attached hydrogen (secondary N) is 1. The summed E-state index contributed by atoms with van der Waals surface area (Å²) in [6, 6.07) is 2.25. The number of hydrogen-bond acceptors (Lipinski definition) is 5. The van der Waals surface area contributed by atoms with Gasteiger partial charge in [-0.05, 0) is 31.9 Å². The van der Waals surface area contributed by atoms with Crippen LogP contribution in [0.25, 0.3) is 0 Å². The summed E-state index contributed by atoms with van der Waals surface area (Å²) in [6.07, 6.45) is 2.83. The first-order valence-electron chi connectivity index (χ1n) is 5.63. The van der Waals surface area contributed by atoms with Crippen LogP contribution in [0.1, 0.15) is 18.9 Å². The van der Waals surface area contributed by atoms with E-state index in [1.165, 1.54) is 0 Å². The average Bonchev–Trinajstić information content (AvgIpc) is 2.26. The lowest BCUT2D eigenvalue weighted by atomic mass is 9.83. The van der Waals surface area contributed by atoms with Gasteiger partial charge in [0.1, 0.15) is 5.82 Å². The van der Waals surface area contributed by atoms with Crippen LogP contribution in [0.5, 0.6) is 0 Å². The van der Waals surface area contributed by atoms with Gasteiger partial charge in [-0.1, -0.05) is 0 Å². The highest BCUT2D eigenvalue weighted by Crippen LogP contribution is 2.25. The van der Waals surface area contributed by atoms with Gasteiger partial charge in [-0.15, -0.1) is 5.10 Å². The highest BCUT2D eigenvalue weighted by Gasteiger charge is 2.39. The van der Waals surface area contributed by atoms with Gasteiger partial charge in [0.15, 0.2) is 0 Å². The van der Waals surface area contributed by atoms with Crippen LogP contribution in [0, 0.1) is 6.92 Å². The molecule has 1 aliphatic rings. The van der Waals surface area contributed by atoms with Gasteiger partial charge in [-0.25, -0.2) is 0 Å². The summed E-state index contributed by atoms with van der Waals surface area (Å²) in [4.78, 5) is 0. The lowest BCUT2D eigenvalue weighted by Crippen LogP contribution is -2.60. The van der Waals surface area contributed by atoms with Gasteiger partial charge in [-0.3, -0.25) is 0 Å². The fourth-order valence-corrected chi connectivity index (χ4v) is 1.93. The van der Waals surface area contributed by atoms with E-state index in [0.717, 1.165) is 24.4 Å². The summed E-state index contributed by atoms with van der Waals surface area (Å²) < 4.78 is 5.57. The number of aromatic nitrogens is 2. The summed E-state index contributed by atoms with van der Waals surface area (Å²) in [5, 5.41) is 11.2. The zero-order valence-electron chi connectivity index (χ0n) is 9.68. The van der Waals surface area contributed by atoms with Gasteiger partial charge in [-0.2, -0.15) is 5.10 Å². The second-order valence-corrected chi connectivity index (χ2v) is 4.18. The van der Waals surface area contributed by atoms with Crippen LogP contribution in [-0.2, 0) is 4.74 Å². The number of hydrogen-bond donors (Lipinski definition) is 2. The molecule has 88 valence electrons. The van der Waals surface area contributed by atoms with Gasteiger partial charge >= 0.3 is 0 Å². The molecule has 5 heteroatoms. The minimum absolute atomic E-state index is 0.138. The molecule has 0 aromatic carbocycles. The van der Waals surface area contributed by atoms with Gasteiger partial charge < -0.3 is 15.8 Å². The lowest BCUT2D eigenvalue weighted by molar-refractivity contribution is -0.0127. The molecule has 3 atom stereocenters. The molecule has 3 N–H and O–H groups in total. The first-order valence-corrected chi connectivity index (χ1v) is 5.63. The smallest absolute Gasteiger partial charge is 0.149 e. The molecule has 0 amide bonds. The van der Waals surface area contributed by atoms with E-state index < -0.39 is 0 Å². The molecular formula is C11H18N4O. The topological polar surface area (TPSA) is 73.1 Å². The Bertz CT molecular complexity index is 356. The molecule has 0 saturated heterocycles. The molecule has 1 aromatic rings. The molecular weight excluding hydrogens is 204 g/mol. The Kier molecular flexibility index (Phi) is 3.36. The molecule has 0 bridgehead atoms. The van der Waals surface area contributed by atoms with Crippen LogP contribution >= 0.6 is 0 Å². The highest BCUT2D eigenvalue weighted by molar-refractivity contribution is 5.38. The van der Waals surface area contributed by atoms with Crippen molar-refractivity contribution in [2.45, 2.75) is 38.5 Å². The maximum atomic E-state index is 5.94. The summed E-state index contributed by atoms with van der Waals surface area (Å²) in [7, 11) is 0. The number of rotatable bonds is 4. The zero-order valence-corrected chi connectivity index (χ0v) is 9.68. The van der Waals surface area contributed by atoms with E-state index in [2.05, 4.69) is 15.5 Å². The minimum atomic E-state index is 0.138. The van der Waals surface area contributed by atoms with E-state index in [4.69, 9.17) is 10.5 Å². The van der Waals surface area contributed by atoms with Crippen molar-refractivity contribution in [1.29, 1.82) is 0 Å². The second-order valence-electron chi connectivity index (χ2n) is 4.18. The van der Waals surface area contributed by atoms with Gasteiger partial charge in [0, 0.05) is 12.6 Å². The van der Waals surface area contributed by atoms with Crippen molar-refractivity contribution < 1.29 is 4.74 Å². The molecule has 0 aliphatic heterocycles. The zero-order chi connectivity index (χ0) is 11.5. The van der Waals surface area contributed by atoms with Crippen LogP contribution < -0.4 is 11.1 Å². The van der Waals surface area contributed by atoms with E-state index in [1.54, 1.807) is 6.20 Å². The van der Waals surface area contributed by atoms with Crippen molar-refractivity contribution in [3.63, 3.8) is 0 Å². The summed E-state index contributed by atoms with van der Waals surface area (Å²) in [5.74, 6) is 0.768. The molecule has 1 saturated carbocycles. The predicted molar refractivity (Wildman–Crippen MR) is 62.2 cm³/mol. The molecule has 5 nitrogen and oxygen atoms in total. The minimum Gasteiger partial charge on any atom is -0.376 e. The van der Waals surface area contributed by atoms with Crippen LogP contribution in [0.4, 0.5) is 5.82 Å². The quantitative estimate of drug-likeness (QED) is 0.784. The molecule has 16 heavy (non-hydrogen) atoms. The molecule has 3 unspecified atom stereocenters. The van der Waals surface area contributed by atoms with Gasteiger partial charge in [0.05, 0.1) is 18.3 Å². The Balaban J connectivity index is 1.98. The van der Waals surface area contributed by atoms with Crippen molar-refractivity contribution in [2.24, 2.45) is 5.73 Å². The van der Waals surface area contributed by atoms with E-state index >= 15 is 0 Å². The number of nitrogens with two attached hydrogens (primary N) is 1. The van der Waals surface area contributed by atoms with Crippen molar-refractivity contribution in [3.05, 3.63) is 17.8 Å². The van der Waals surface area contributed by atoms with Crippen molar-refractivity contribution in [3.8, 4) is 0 Å². The third kappa shape index (κ3) is 2.31. The van der Waals surface area contributed by atoms with E-state index in [-0.39, 0.29) is 18.2 Å². The largest absolute Gasteiger partial charge is 0.376 e. The first-order chi connectivity index (χ1) is 7.70. The maximum absolute atomic E-state index is 5.94. The van der Waals surface area contributed by atoms with Crippen LogP contribution in [0.2, 0.25) is 0 Å². The number of nitrogens with zero attached hydrogens (tertiary/aromatic N) is 2. The predicted octanol–water partition coefficient (Wildman–Crippen LogP) is 0.702. The van der Waals surface area contributed by atoms with Crippen LogP contribution in [-0.4, -0.2) is 35.0 Å². The third-order valence-electron chi connectivity index (χ3n) is 2.85. The molecule has 0 radical (unpaired) electrons. The number of aryl methyl sites for hydroxylation is 1. The Hall–Kier alpha value is -1.20. The van der Waals surface area contributed by atoms with Crippen molar-refractivity contribution >= 4 is 5.82 Å². The molecule has 1 aliphatic carbocycles. The van der Waals surface area contributed by atoms with E-state index in [0.29, 0.717) is 0 Å². The second kappa shape index (κ2) is 4.76. The first kappa shape index (κ1) is 11.3. The van der Waals surface area contributed by atoms with Crippen LogP contribution in [0.15, 0.2) is 12.3 Å². The molecule has 1 aromatic heterocycles. The SMILES string of the molecule is CCOC1CC(N)C1Nc1cc(C)cnn1. The van der Waals surface area contributed by atoms with Crippen molar-refractivity contribution in [2.75, 3.05) is 11.9 Å². The normalized spacial score (nSPS) is 28.6. The van der Waals surface area contributed by atoms with Crippen molar-refractivity contribution in [1.82, 2.24) is 10.2 Å². The number of ether oxygens (including phenoxy) is 1. The van der Waals surface area contributed by atoms with Gasteiger partial charge in [0.25, 0.3) is 0 Å². The molecule has 0 spiro atoms. The number of anilines is 1. The standard InChI is InChI=1S/C11H18N4O/c1-3-16-9-5-8(12)11(9)14-10-4-7(2)6-13-15-10/h4,6,8-9,11H,3,5,12H2,1-2H3,(H,14,15). The van der Waals surface area contributed by atoms with E-state index in [9.17, 15) is 0 Å². The summed E-state index contributed by atoms with van der Waals surface area (Å²) in [6.45, 7) is 4.70. The monoisotopic (exact) mass is 222 g/mol. The Morgan fingerprint density at radius 2 is 2.44 bits per heavy atom. The van der Waals surface area contributed by atoms with Crippen LogP contribution in [0.3, 0.4) is 0 Å². The fourth-order valence-electron chi connectivity index (χ4n) is 1.93. The highest BCUT2D eigenvalue weighted by atomic mass is 16.5. The Morgan fingerprint density at radius 1 is 1.62 bits per heavy atom. The van der Waals surface area contributed by atoms with Gasteiger partial charge in [0.2, 0.25) is 0 Å². The summed E-state index contributed by atoms with van der Waals surface area (Å²) >= 11 is 0. The molecule has 2 rings (SSSR count). The molecule has 1 heterocycles. The Labute approximate surface area is 95.4 Å². The maximum Gasteiger partial charge on any atom is 0.149 e. The lowest BCUT2D eigenvalue weighted by Gasteiger charge is -2.42. The average molecular weight is 222 g/mol. The Morgan fingerprint density at radius 3 is 3.06 bits per heavy atom. The molecule has 1 fully saturated rings. The summed E-state index contributed by atoms with van der Waals surface area (Å²) in [5.41, 5.74) is 7.02. The van der Waals surface area contributed by atoms with E-state index in [1.807, 2.05) is 19.9 Å². The third-order valence-corrected chi connectivity index (χ3v) is 2.85. The fraction of sp³-hybridized carbons (Fsp3) is 0.636.